The molecule has 0 radical (unpaired) electrons. The normalized spacial score (nSPS) is 11.1. The van der Waals surface area contributed by atoms with Crippen LogP contribution < -0.4 is 9.47 Å². The van der Waals surface area contributed by atoms with Crippen LogP contribution in [0.4, 0.5) is 0 Å². The van der Waals surface area contributed by atoms with Gasteiger partial charge in [0.1, 0.15) is 11.5 Å². The highest BCUT2D eigenvalue weighted by molar-refractivity contribution is 6.09. The molecule has 5 heteroatoms. The lowest BCUT2D eigenvalue weighted by molar-refractivity contribution is -0.141. The van der Waals surface area contributed by atoms with Gasteiger partial charge in [0, 0.05) is 11.1 Å². The van der Waals surface area contributed by atoms with E-state index in [0.717, 1.165) is 0 Å². The number of carbonyl (C=O) groups is 2. The fourth-order valence-electron chi connectivity index (χ4n) is 2.49. The molecule has 5 nitrogen and oxygen atoms in total. The van der Waals surface area contributed by atoms with Gasteiger partial charge in [0.15, 0.2) is 11.9 Å². The first-order valence-electron chi connectivity index (χ1n) is 8.65. The summed E-state index contributed by atoms with van der Waals surface area (Å²) < 4.78 is 10.8. The molecule has 0 saturated carbocycles. The van der Waals surface area contributed by atoms with Crippen LogP contribution in [0.1, 0.15) is 28.4 Å². The molecule has 3 aromatic rings. The van der Waals surface area contributed by atoms with E-state index >= 15 is 0 Å². The van der Waals surface area contributed by atoms with Crippen molar-refractivity contribution < 1.29 is 19.1 Å². The van der Waals surface area contributed by atoms with Crippen molar-refractivity contribution in [2.75, 3.05) is 0 Å². The van der Waals surface area contributed by atoms with Gasteiger partial charge in [0.05, 0.1) is 11.6 Å². The van der Waals surface area contributed by atoms with Crippen molar-refractivity contribution in [1.29, 1.82) is 5.26 Å². The molecule has 138 valence electrons. The van der Waals surface area contributed by atoms with Crippen LogP contribution in [0.3, 0.4) is 0 Å². The van der Waals surface area contributed by atoms with Crippen molar-refractivity contribution in [3.05, 3.63) is 95.6 Å². The number of ether oxygens (including phenoxy) is 2. The molecule has 0 aliphatic carbocycles. The van der Waals surface area contributed by atoms with Crippen LogP contribution in [0.5, 0.6) is 11.5 Å². The SMILES string of the molecule is C[C@H](Oc1ccc(C#N)cc1)C(=O)Oc1ccc(C(=O)c2ccccc2)cc1. The Morgan fingerprint density at radius 2 is 1.39 bits per heavy atom. The molecular formula is C23H17NO4. The van der Waals surface area contributed by atoms with Crippen molar-refractivity contribution in [2.24, 2.45) is 0 Å². The fourth-order valence-corrected chi connectivity index (χ4v) is 2.49. The number of rotatable bonds is 6. The monoisotopic (exact) mass is 371 g/mol. The molecule has 3 aromatic carbocycles. The Labute approximate surface area is 162 Å². The highest BCUT2D eigenvalue weighted by atomic mass is 16.6. The first-order valence-corrected chi connectivity index (χ1v) is 8.65. The average Bonchev–Trinajstić information content (AvgIpc) is 2.75. The minimum absolute atomic E-state index is 0.101. The van der Waals surface area contributed by atoms with Gasteiger partial charge in [-0.1, -0.05) is 30.3 Å². The summed E-state index contributed by atoms with van der Waals surface area (Å²) in [6.07, 6.45) is -0.835. The molecule has 0 aliphatic heterocycles. The molecule has 0 aromatic heterocycles. The summed E-state index contributed by atoms with van der Waals surface area (Å²) in [5, 5.41) is 8.80. The second kappa shape index (κ2) is 8.65. The van der Waals surface area contributed by atoms with E-state index in [-0.39, 0.29) is 5.78 Å². The molecule has 3 rings (SSSR count). The fraction of sp³-hybridized carbons (Fsp3) is 0.0870. The van der Waals surface area contributed by atoms with E-state index in [1.54, 1.807) is 79.7 Å². The third-order valence-corrected chi connectivity index (χ3v) is 4.00. The summed E-state index contributed by atoms with van der Waals surface area (Å²) in [5.41, 5.74) is 1.61. The molecule has 1 atom stereocenters. The Kier molecular flexibility index (Phi) is 5.83. The largest absolute Gasteiger partial charge is 0.479 e. The lowest BCUT2D eigenvalue weighted by atomic mass is 10.0. The average molecular weight is 371 g/mol. The van der Waals surface area contributed by atoms with Gasteiger partial charge in [0.25, 0.3) is 0 Å². The number of nitriles is 1. The Bertz CT molecular complexity index is 1000. The highest BCUT2D eigenvalue weighted by Gasteiger charge is 2.18. The zero-order valence-corrected chi connectivity index (χ0v) is 15.2. The highest BCUT2D eigenvalue weighted by Crippen LogP contribution is 2.18. The Hall–Kier alpha value is -3.91. The quantitative estimate of drug-likeness (QED) is 0.369. The van der Waals surface area contributed by atoms with E-state index in [0.29, 0.717) is 28.2 Å². The third kappa shape index (κ3) is 4.63. The summed E-state index contributed by atoms with van der Waals surface area (Å²) in [4.78, 5) is 24.6. The van der Waals surface area contributed by atoms with Gasteiger partial charge in [-0.3, -0.25) is 4.79 Å². The molecule has 0 amide bonds. The summed E-state index contributed by atoms with van der Waals surface area (Å²) in [5.74, 6) is 0.125. The van der Waals surface area contributed by atoms with Crippen LogP contribution in [-0.4, -0.2) is 17.9 Å². The van der Waals surface area contributed by atoms with Crippen LogP contribution >= 0.6 is 0 Å². The number of ketones is 1. The maximum atomic E-state index is 12.4. The summed E-state index contributed by atoms with van der Waals surface area (Å²) in [7, 11) is 0. The number of esters is 1. The van der Waals surface area contributed by atoms with Gasteiger partial charge in [0.2, 0.25) is 0 Å². The Morgan fingerprint density at radius 1 is 0.821 bits per heavy atom. The predicted molar refractivity (Wildman–Crippen MR) is 103 cm³/mol. The van der Waals surface area contributed by atoms with Crippen LogP contribution in [0, 0.1) is 11.3 Å². The van der Waals surface area contributed by atoms with Crippen molar-refractivity contribution in [1.82, 2.24) is 0 Å². The van der Waals surface area contributed by atoms with Crippen LogP contribution in [0.15, 0.2) is 78.9 Å². The second-order valence-corrected chi connectivity index (χ2v) is 6.04. The van der Waals surface area contributed by atoms with E-state index < -0.39 is 12.1 Å². The number of hydrogen-bond acceptors (Lipinski definition) is 5. The summed E-state index contributed by atoms with van der Waals surface area (Å²) >= 11 is 0. The van der Waals surface area contributed by atoms with Gasteiger partial charge >= 0.3 is 5.97 Å². The van der Waals surface area contributed by atoms with Gasteiger partial charge in [-0.2, -0.15) is 5.26 Å². The zero-order valence-electron chi connectivity index (χ0n) is 15.2. The molecule has 0 fully saturated rings. The molecule has 28 heavy (non-hydrogen) atoms. The minimum Gasteiger partial charge on any atom is -0.479 e. The standard InChI is InChI=1S/C23H17NO4/c1-16(27-20-11-7-17(15-24)8-12-20)23(26)28-21-13-9-19(10-14-21)22(25)18-5-3-2-4-6-18/h2-14,16H,1H3/t16-/m0/s1. The number of benzene rings is 3. The molecule has 0 aliphatic rings. The maximum Gasteiger partial charge on any atom is 0.352 e. The topological polar surface area (TPSA) is 76.4 Å². The second-order valence-electron chi connectivity index (χ2n) is 6.04. The van der Waals surface area contributed by atoms with Gasteiger partial charge in [-0.25, -0.2) is 4.79 Å². The molecule has 0 heterocycles. The number of carbonyl (C=O) groups excluding carboxylic acids is 2. The van der Waals surface area contributed by atoms with Crippen molar-refractivity contribution in [2.45, 2.75) is 13.0 Å². The number of hydrogen-bond donors (Lipinski definition) is 0. The lowest BCUT2D eigenvalue weighted by Crippen LogP contribution is -2.28. The van der Waals surface area contributed by atoms with Crippen LogP contribution in [-0.2, 0) is 4.79 Å². The van der Waals surface area contributed by atoms with E-state index in [4.69, 9.17) is 14.7 Å². The van der Waals surface area contributed by atoms with Crippen molar-refractivity contribution in [3.8, 4) is 17.6 Å². The summed E-state index contributed by atoms with van der Waals surface area (Å²) in [6, 6.07) is 23.8. The van der Waals surface area contributed by atoms with Crippen molar-refractivity contribution >= 4 is 11.8 Å². The molecule has 0 bridgehead atoms. The molecule has 0 unspecified atom stereocenters. The molecule has 0 saturated heterocycles. The van der Waals surface area contributed by atoms with Crippen LogP contribution in [0.25, 0.3) is 0 Å². The lowest BCUT2D eigenvalue weighted by Gasteiger charge is -2.14. The molecular weight excluding hydrogens is 354 g/mol. The smallest absolute Gasteiger partial charge is 0.352 e. The third-order valence-electron chi connectivity index (χ3n) is 4.00. The number of nitrogens with zero attached hydrogens (tertiary/aromatic N) is 1. The van der Waals surface area contributed by atoms with Gasteiger partial charge < -0.3 is 9.47 Å². The van der Waals surface area contributed by atoms with Crippen molar-refractivity contribution in [3.63, 3.8) is 0 Å². The molecule has 0 N–H and O–H groups in total. The van der Waals surface area contributed by atoms with E-state index in [9.17, 15) is 9.59 Å². The minimum atomic E-state index is -0.835. The van der Waals surface area contributed by atoms with E-state index in [2.05, 4.69) is 0 Å². The Balaban J connectivity index is 1.60. The van der Waals surface area contributed by atoms with E-state index in [1.165, 1.54) is 0 Å². The zero-order chi connectivity index (χ0) is 19.9. The summed E-state index contributed by atoms with van der Waals surface area (Å²) in [6.45, 7) is 1.58. The Morgan fingerprint density at radius 3 is 2.00 bits per heavy atom. The maximum absolute atomic E-state index is 12.4. The van der Waals surface area contributed by atoms with Gasteiger partial charge in [-0.15, -0.1) is 0 Å². The predicted octanol–water partition coefficient (Wildman–Crippen LogP) is 4.16. The first kappa shape index (κ1) is 18.9. The van der Waals surface area contributed by atoms with E-state index in [1.807, 2.05) is 12.1 Å². The molecule has 0 spiro atoms. The van der Waals surface area contributed by atoms with Crippen LogP contribution in [0.2, 0.25) is 0 Å². The first-order chi connectivity index (χ1) is 13.6. The van der Waals surface area contributed by atoms with Gasteiger partial charge in [-0.05, 0) is 55.5 Å².